The van der Waals surface area contributed by atoms with Crippen molar-refractivity contribution in [3.05, 3.63) is 24.3 Å². The van der Waals surface area contributed by atoms with E-state index in [2.05, 4.69) is 0 Å². The van der Waals surface area contributed by atoms with Crippen LogP contribution in [0.4, 0.5) is 0 Å². The molecule has 7 nitrogen and oxygen atoms in total. The van der Waals surface area contributed by atoms with E-state index in [1.54, 1.807) is 0 Å². The van der Waals surface area contributed by atoms with Crippen LogP contribution in [0.5, 0.6) is 0 Å². The van der Waals surface area contributed by atoms with E-state index in [1.165, 1.54) is 22.5 Å². The van der Waals surface area contributed by atoms with Crippen LogP contribution in [-0.4, -0.2) is 59.4 Å². The van der Waals surface area contributed by atoms with Gasteiger partial charge < -0.3 is 0 Å². The van der Waals surface area contributed by atoms with Crippen LogP contribution in [0.3, 0.4) is 0 Å². The van der Waals surface area contributed by atoms with Crippen molar-refractivity contribution in [3.63, 3.8) is 0 Å². The SMILES string of the molecule is O=S1(=O)CCC(S(=O)(=O)c2cccc(S(=O)(=O)N3CCCCC3)c2)C1. The average molecular weight is 408 g/mol. The second-order valence-corrected chi connectivity index (χ2v) is 12.9. The predicted molar refractivity (Wildman–Crippen MR) is 93.3 cm³/mol. The summed E-state index contributed by atoms with van der Waals surface area (Å²) in [5, 5.41) is -1.01. The lowest BCUT2D eigenvalue weighted by molar-refractivity contribution is 0.346. The zero-order chi connectivity index (χ0) is 18.3. The van der Waals surface area contributed by atoms with Crippen molar-refractivity contribution in [1.82, 2.24) is 4.31 Å². The molecule has 0 bridgehead atoms. The zero-order valence-corrected chi connectivity index (χ0v) is 16.1. The van der Waals surface area contributed by atoms with Gasteiger partial charge in [0.15, 0.2) is 19.7 Å². The molecule has 1 aromatic carbocycles. The highest BCUT2D eigenvalue weighted by Crippen LogP contribution is 2.28. The van der Waals surface area contributed by atoms with Gasteiger partial charge in [-0.05, 0) is 37.5 Å². The third-order valence-electron chi connectivity index (χ3n) is 4.72. The topological polar surface area (TPSA) is 106 Å². The smallest absolute Gasteiger partial charge is 0.229 e. The van der Waals surface area contributed by atoms with Crippen molar-refractivity contribution >= 4 is 29.7 Å². The monoisotopic (exact) mass is 407 g/mol. The molecule has 0 amide bonds. The van der Waals surface area contributed by atoms with Crippen LogP contribution in [0, 0.1) is 0 Å². The third kappa shape index (κ3) is 3.76. The van der Waals surface area contributed by atoms with E-state index in [9.17, 15) is 25.3 Å². The highest BCUT2D eigenvalue weighted by Gasteiger charge is 2.38. The van der Waals surface area contributed by atoms with Gasteiger partial charge in [0.2, 0.25) is 10.0 Å². The summed E-state index contributed by atoms with van der Waals surface area (Å²) in [6.07, 6.45) is 2.61. The maximum Gasteiger partial charge on any atom is 0.243 e. The summed E-state index contributed by atoms with van der Waals surface area (Å²) in [5.41, 5.74) is 0. The van der Waals surface area contributed by atoms with Crippen molar-refractivity contribution in [2.75, 3.05) is 24.6 Å². The van der Waals surface area contributed by atoms with Gasteiger partial charge in [-0.25, -0.2) is 25.3 Å². The van der Waals surface area contributed by atoms with Gasteiger partial charge in [0.05, 0.1) is 26.5 Å². The van der Waals surface area contributed by atoms with E-state index < -0.39 is 40.7 Å². The number of sulfonamides is 1. The fourth-order valence-corrected chi connectivity index (χ4v) is 9.31. The summed E-state index contributed by atoms with van der Waals surface area (Å²) >= 11 is 0. The predicted octanol–water partition coefficient (Wildman–Crippen LogP) is 0.822. The first-order valence-electron chi connectivity index (χ1n) is 8.17. The van der Waals surface area contributed by atoms with Crippen LogP contribution < -0.4 is 0 Å². The second-order valence-electron chi connectivity index (χ2n) is 6.51. The molecule has 2 saturated heterocycles. The van der Waals surface area contributed by atoms with Crippen LogP contribution in [0.15, 0.2) is 34.1 Å². The van der Waals surface area contributed by atoms with Crippen LogP contribution >= 0.6 is 0 Å². The van der Waals surface area contributed by atoms with Gasteiger partial charge in [-0.1, -0.05) is 12.5 Å². The summed E-state index contributed by atoms with van der Waals surface area (Å²) in [7, 11) is -11.0. The molecule has 10 heteroatoms. The number of nitrogens with zero attached hydrogens (tertiary/aromatic N) is 1. The van der Waals surface area contributed by atoms with Gasteiger partial charge in [0.25, 0.3) is 0 Å². The average Bonchev–Trinajstić information content (AvgIpc) is 2.96. The molecule has 2 aliphatic rings. The minimum absolute atomic E-state index is 0.0494. The number of hydrogen-bond acceptors (Lipinski definition) is 6. The molecule has 0 spiro atoms. The number of sulfone groups is 2. The van der Waals surface area contributed by atoms with Crippen LogP contribution in [0.25, 0.3) is 0 Å². The molecule has 0 radical (unpaired) electrons. The number of rotatable bonds is 4. The molecule has 25 heavy (non-hydrogen) atoms. The molecule has 2 heterocycles. The summed E-state index contributed by atoms with van der Waals surface area (Å²) in [4.78, 5) is -0.191. The lowest BCUT2D eigenvalue weighted by Gasteiger charge is -2.26. The first kappa shape index (κ1) is 18.8. The summed E-state index contributed by atoms with van der Waals surface area (Å²) in [6, 6.07) is 5.27. The Morgan fingerprint density at radius 2 is 1.60 bits per heavy atom. The molecular weight excluding hydrogens is 386 g/mol. The normalized spacial score (nSPS) is 25.0. The quantitative estimate of drug-likeness (QED) is 0.732. The fraction of sp³-hybridized carbons (Fsp3) is 0.600. The molecule has 1 unspecified atom stereocenters. The Morgan fingerprint density at radius 3 is 2.20 bits per heavy atom. The third-order valence-corrected chi connectivity index (χ3v) is 10.8. The molecule has 140 valence electrons. The summed E-state index contributed by atoms with van der Waals surface area (Å²) in [5.74, 6) is -0.554. The molecule has 2 aliphatic heterocycles. The molecule has 2 fully saturated rings. The Labute approximate surface area is 148 Å². The minimum Gasteiger partial charge on any atom is -0.229 e. The maximum absolute atomic E-state index is 12.7. The molecule has 0 N–H and O–H groups in total. The number of piperidine rings is 1. The van der Waals surface area contributed by atoms with Crippen molar-refractivity contribution in [2.24, 2.45) is 0 Å². The van der Waals surface area contributed by atoms with E-state index in [-0.39, 0.29) is 22.0 Å². The highest BCUT2D eigenvalue weighted by molar-refractivity contribution is 7.96. The molecule has 1 aromatic rings. The Hall–Kier alpha value is -0.970. The van der Waals surface area contributed by atoms with E-state index in [4.69, 9.17) is 0 Å². The standard InChI is InChI=1S/C15H21NO6S3/c17-23(18)10-7-15(12-23)24(19,20)13-5-4-6-14(11-13)25(21,22)16-8-2-1-3-9-16/h4-6,11,15H,1-3,7-10,12H2. The molecule has 1 atom stereocenters. The highest BCUT2D eigenvalue weighted by atomic mass is 32.2. The van der Waals surface area contributed by atoms with Gasteiger partial charge in [0, 0.05) is 13.1 Å². The first-order valence-corrected chi connectivity index (χ1v) is 13.0. The first-order chi connectivity index (χ1) is 11.6. The maximum atomic E-state index is 12.7. The Kier molecular flexibility index (Phi) is 5.00. The van der Waals surface area contributed by atoms with Gasteiger partial charge >= 0.3 is 0 Å². The summed E-state index contributed by atoms with van der Waals surface area (Å²) in [6.45, 7) is 0.861. The zero-order valence-electron chi connectivity index (χ0n) is 13.7. The van der Waals surface area contributed by atoms with Crippen LogP contribution in [0.2, 0.25) is 0 Å². The van der Waals surface area contributed by atoms with Crippen molar-refractivity contribution in [3.8, 4) is 0 Å². The van der Waals surface area contributed by atoms with E-state index in [0.29, 0.717) is 13.1 Å². The van der Waals surface area contributed by atoms with Gasteiger partial charge in [-0.15, -0.1) is 0 Å². The number of hydrogen-bond donors (Lipinski definition) is 0. The van der Waals surface area contributed by atoms with Gasteiger partial charge in [-0.2, -0.15) is 4.31 Å². The summed E-state index contributed by atoms with van der Waals surface area (Å²) < 4.78 is 75.4. The van der Waals surface area contributed by atoms with E-state index >= 15 is 0 Å². The van der Waals surface area contributed by atoms with Crippen LogP contribution in [0.1, 0.15) is 25.7 Å². The van der Waals surface area contributed by atoms with E-state index in [0.717, 1.165) is 25.3 Å². The fourth-order valence-electron chi connectivity index (χ4n) is 3.26. The molecular formula is C15H21NO6S3. The Bertz CT molecular complexity index is 960. The van der Waals surface area contributed by atoms with Crippen molar-refractivity contribution in [1.29, 1.82) is 0 Å². The Balaban J connectivity index is 1.94. The van der Waals surface area contributed by atoms with Crippen molar-refractivity contribution in [2.45, 2.75) is 40.7 Å². The van der Waals surface area contributed by atoms with E-state index in [1.807, 2.05) is 0 Å². The van der Waals surface area contributed by atoms with Gasteiger partial charge in [0.1, 0.15) is 0 Å². The van der Waals surface area contributed by atoms with Crippen molar-refractivity contribution < 1.29 is 25.3 Å². The largest absolute Gasteiger partial charge is 0.243 e. The van der Waals surface area contributed by atoms with Gasteiger partial charge in [-0.3, -0.25) is 0 Å². The van der Waals surface area contributed by atoms with Crippen LogP contribution in [-0.2, 0) is 29.7 Å². The lowest BCUT2D eigenvalue weighted by atomic mass is 10.2. The molecule has 0 aliphatic carbocycles. The second kappa shape index (κ2) is 6.64. The molecule has 3 rings (SSSR count). The molecule has 0 aromatic heterocycles. The number of benzene rings is 1. The Morgan fingerprint density at radius 1 is 0.960 bits per heavy atom. The molecule has 0 saturated carbocycles. The lowest BCUT2D eigenvalue weighted by Crippen LogP contribution is -2.35. The minimum atomic E-state index is -3.89.